The summed E-state index contributed by atoms with van der Waals surface area (Å²) in [5, 5.41) is 21.0. The van der Waals surface area contributed by atoms with Crippen LogP contribution in [-0.2, 0) is 9.59 Å². The number of nitrogens with zero attached hydrogens (tertiary/aromatic N) is 1. The van der Waals surface area contributed by atoms with Crippen LogP contribution < -0.4 is 0 Å². The summed E-state index contributed by atoms with van der Waals surface area (Å²) in [6.07, 6.45) is 0.528. The number of likely N-dealkylation sites (tertiary alicyclic amines) is 1. The molecule has 0 radical (unpaired) electrons. The van der Waals surface area contributed by atoms with Crippen LogP contribution in [0.3, 0.4) is 0 Å². The number of carboxylic acids is 1. The number of hydrogen-bond acceptors (Lipinski definition) is 3. The van der Waals surface area contributed by atoms with Crippen LogP contribution in [0, 0.1) is 5.41 Å². The van der Waals surface area contributed by atoms with Crippen molar-refractivity contribution in [1.29, 1.82) is 0 Å². The molecule has 178 valence electrons. The van der Waals surface area contributed by atoms with Gasteiger partial charge in [-0.25, -0.2) is 0 Å². The van der Waals surface area contributed by atoms with Gasteiger partial charge in [-0.2, -0.15) is 0 Å². The fourth-order valence-corrected chi connectivity index (χ4v) is 5.48. The van der Waals surface area contributed by atoms with Crippen molar-refractivity contribution in [3.05, 3.63) is 69.7 Å². The maximum Gasteiger partial charge on any atom is 0.304 e. The monoisotopic (exact) mass is 491 g/mol. The van der Waals surface area contributed by atoms with E-state index in [-0.39, 0.29) is 30.3 Å². The summed E-state index contributed by atoms with van der Waals surface area (Å²) in [5.74, 6) is -1.39. The zero-order valence-electron chi connectivity index (χ0n) is 19.2. The zero-order valence-corrected chi connectivity index (χ0v) is 20.7. The van der Waals surface area contributed by atoms with Gasteiger partial charge in [-0.1, -0.05) is 61.3 Å². The Kier molecular flexibility index (Phi) is 8.09. The van der Waals surface area contributed by atoms with Gasteiger partial charge in [-0.05, 0) is 61.6 Å². The van der Waals surface area contributed by atoms with Gasteiger partial charge in [0.1, 0.15) is 0 Å². The van der Waals surface area contributed by atoms with Crippen LogP contribution in [0.2, 0.25) is 10.0 Å². The maximum atomic E-state index is 14.0. The topological polar surface area (TPSA) is 77.8 Å². The van der Waals surface area contributed by atoms with Crippen molar-refractivity contribution in [1.82, 2.24) is 4.90 Å². The van der Waals surface area contributed by atoms with Gasteiger partial charge in [0.05, 0.1) is 24.0 Å². The van der Waals surface area contributed by atoms with Crippen molar-refractivity contribution < 1.29 is 19.8 Å². The Labute approximate surface area is 205 Å². The molecule has 1 saturated heterocycles. The van der Waals surface area contributed by atoms with Crippen molar-refractivity contribution in [2.75, 3.05) is 0 Å². The van der Waals surface area contributed by atoms with Crippen LogP contribution in [0.1, 0.15) is 69.5 Å². The lowest BCUT2D eigenvalue weighted by Gasteiger charge is -2.52. The van der Waals surface area contributed by atoms with Gasteiger partial charge in [-0.3, -0.25) is 9.59 Å². The normalized spacial score (nSPS) is 25.0. The lowest BCUT2D eigenvalue weighted by atomic mass is 9.67. The third-order valence-electron chi connectivity index (χ3n) is 6.61. The average molecular weight is 492 g/mol. The summed E-state index contributed by atoms with van der Waals surface area (Å²) in [6.45, 7) is 5.43. The zero-order chi connectivity index (χ0) is 24.3. The summed E-state index contributed by atoms with van der Waals surface area (Å²) in [7, 11) is 0. The van der Waals surface area contributed by atoms with Crippen molar-refractivity contribution in [2.45, 2.75) is 70.6 Å². The summed E-state index contributed by atoms with van der Waals surface area (Å²) in [6, 6.07) is 14.4. The van der Waals surface area contributed by atoms with E-state index in [1.54, 1.807) is 32.0 Å². The summed E-state index contributed by atoms with van der Waals surface area (Å²) >= 11 is 12.5. The Balaban J connectivity index is 2.23. The number of piperidine rings is 1. The van der Waals surface area contributed by atoms with Crippen LogP contribution >= 0.6 is 23.2 Å². The second-order valence-electron chi connectivity index (χ2n) is 9.35. The number of rotatable bonds is 8. The number of carbonyl (C=O) groups is 2. The van der Waals surface area contributed by atoms with Crippen molar-refractivity contribution in [3.8, 4) is 0 Å². The van der Waals surface area contributed by atoms with Gasteiger partial charge in [0.2, 0.25) is 5.91 Å². The van der Waals surface area contributed by atoms with Crippen molar-refractivity contribution in [3.63, 3.8) is 0 Å². The number of amides is 1. The number of aliphatic hydroxyl groups excluding tert-OH is 1. The van der Waals surface area contributed by atoms with E-state index < -0.39 is 17.5 Å². The first-order valence-corrected chi connectivity index (χ1v) is 12.0. The molecule has 2 N–H and O–H groups in total. The van der Waals surface area contributed by atoms with E-state index in [0.29, 0.717) is 29.3 Å². The fourth-order valence-electron chi connectivity index (χ4n) is 5.15. The van der Waals surface area contributed by atoms with E-state index in [2.05, 4.69) is 0 Å². The number of benzene rings is 2. The number of carboxylic acid groups (broad SMARTS) is 1. The average Bonchev–Trinajstić information content (AvgIpc) is 2.74. The van der Waals surface area contributed by atoms with E-state index >= 15 is 0 Å². The van der Waals surface area contributed by atoms with Crippen molar-refractivity contribution >= 4 is 35.1 Å². The first-order valence-electron chi connectivity index (χ1n) is 11.3. The number of halogens is 2. The summed E-state index contributed by atoms with van der Waals surface area (Å²) in [5.41, 5.74) is 0.774. The highest BCUT2D eigenvalue weighted by Gasteiger charge is 2.52. The Morgan fingerprint density at radius 3 is 2.36 bits per heavy atom. The highest BCUT2D eigenvalue weighted by Crippen LogP contribution is 2.52. The number of hydrogen-bond donors (Lipinski definition) is 2. The SMILES string of the molecule is CCC(CC(C)O)N1C(=O)[C@@](C)(CC(=O)O)C[C@H](c2cccc(Cl)c2)C1c1ccc(Cl)cc1. The predicted octanol–water partition coefficient (Wildman–Crippen LogP) is 6.08. The quantitative estimate of drug-likeness (QED) is 0.468. The maximum absolute atomic E-state index is 14.0. The minimum atomic E-state index is -1.09. The molecule has 5 nitrogen and oxygen atoms in total. The lowest BCUT2D eigenvalue weighted by molar-refractivity contribution is -0.161. The Hall–Kier alpha value is -2.08. The Morgan fingerprint density at radius 2 is 1.82 bits per heavy atom. The van der Waals surface area contributed by atoms with Crippen molar-refractivity contribution in [2.24, 2.45) is 5.41 Å². The molecule has 1 aliphatic heterocycles. The van der Waals surface area contributed by atoms with E-state index in [9.17, 15) is 19.8 Å². The first kappa shape index (κ1) is 25.5. The smallest absolute Gasteiger partial charge is 0.304 e. The second kappa shape index (κ2) is 10.5. The lowest BCUT2D eigenvalue weighted by Crippen LogP contribution is -2.56. The molecule has 2 aromatic rings. The molecule has 0 spiro atoms. The van der Waals surface area contributed by atoms with Crippen LogP contribution in [0.4, 0.5) is 0 Å². The van der Waals surface area contributed by atoms with Gasteiger partial charge in [-0.15, -0.1) is 0 Å². The standard InChI is InChI=1S/C26H31Cl2NO4/c1-4-21(12-16(2)30)29-24(17-8-10-19(27)11-9-17)22(18-6-5-7-20(28)13-18)14-26(3,25(29)33)15-23(31)32/h5-11,13,16,21-22,24,30H,4,12,14-15H2,1-3H3,(H,31,32)/t16?,21?,22-,24?,26-/m1/s1. The molecule has 0 aromatic heterocycles. The van der Waals surface area contributed by atoms with Crippen LogP contribution in [0.5, 0.6) is 0 Å². The molecular weight excluding hydrogens is 461 g/mol. The van der Waals surface area contributed by atoms with Crippen LogP contribution in [-0.4, -0.2) is 39.1 Å². The van der Waals surface area contributed by atoms with Gasteiger partial charge in [0, 0.05) is 22.0 Å². The van der Waals surface area contributed by atoms with E-state index in [1.807, 2.05) is 42.2 Å². The predicted molar refractivity (Wildman–Crippen MR) is 131 cm³/mol. The molecule has 1 aliphatic rings. The molecule has 0 bridgehead atoms. The molecule has 33 heavy (non-hydrogen) atoms. The highest BCUT2D eigenvalue weighted by molar-refractivity contribution is 6.30. The van der Waals surface area contributed by atoms with Gasteiger partial charge in [0.25, 0.3) is 0 Å². The Morgan fingerprint density at radius 1 is 1.15 bits per heavy atom. The molecule has 2 aromatic carbocycles. The summed E-state index contributed by atoms with van der Waals surface area (Å²) in [4.78, 5) is 27.6. The molecule has 3 rings (SSSR count). The third-order valence-corrected chi connectivity index (χ3v) is 7.10. The second-order valence-corrected chi connectivity index (χ2v) is 10.2. The molecule has 5 atom stereocenters. The molecule has 7 heteroatoms. The third kappa shape index (κ3) is 5.71. The first-order chi connectivity index (χ1) is 15.6. The van der Waals surface area contributed by atoms with Crippen LogP contribution in [0.15, 0.2) is 48.5 Å². The summed E-state index contributed by atoms with van der Waals surface area (Å²) < 4.78 is 0. The van der Waals surface area contributed by atoms with Gasteiger partial charge in [0.15, 0.2) is 0 Å². The molecule has 1 heterocycles. The minimum Gasteiger partial charge on any atom is -0.481 e. The highest BCUT2D eigenvalue weighted by atomic mass is 35.5. The number of aliphatic carboxylic acids is 1. The van der Waals surface area contributed by atoms with Crippen LogP contribution in [0.25, 0.3) is 0 Å². The Bertz CT molecular complexity index is 994. The van der Waals surface area contributed by atoms with E-state index in [1.165, 1.54) is 0 Å². The van der Waals surface area contributed by atoms with Gasteiger partial charge < -0.3 is 15.1 Å². The largest absolute Gasteiger partial charge is 0.481 e. The molecule has 1 fully saturated rings. The van der Waals surface area contributed by atoms with Gasteiger partial charge >= 0.3 is 5.97 Å². The molecule has 3 unspecified atom stereocenters. The molecular formula is C26H31Cl2NO4. The minimum absolute atomic E-state index is 0.185. The van der Waals surface area contributed by atoms with E-state index in [0.717, 1.165) is 11.1 Å². The molecule has 0 aliphatic carbocycles. The van der Waals surface area contributed by atoms with E-state index in [4.69, 9.17) is 23.2 Å². The number of aliphatic hydroxyl groups is 1. The molecule has 0 saturated carbocycles. The molecule has 1 amide bonds. The fraction of sp³-hybridized carbons (Fsp3) is 0.462. The number of carbonyl (C=O) groups excluding carboxylic acids is 1.